The van der Waals surface area contributed by atoms with Crippen LogP contribution in [0.1, 0.15) is 44.1 Å². The molecule has 1 atom stereocenters. The Morgan fingerprint density at radius 2 is 1.61 bits per heavy atom. The van der Waals surface area contributed by atoms with Gasteiger partial charge in [-0.05, 0) is 42.7 Å². The zero-order valence-corrected chi connectivity index (χ0v) is 17.6. The van der Waals surface area contributed by atoms with E-state index >= 15 is 0 Å². The number of rotatable bonds is 5. The zero-order valence-electron chi connectivity index (χ0n) is 16.7. The van der Waals surface area contributed by atoms with E-state index in [0.717, 1.165) is 5.56 Å². The lowest BCUT2D eigenvalue weighted by molar-refractivity contribution is 0.375. The highest BCUT2D eigenvalue weighted by Crippen LogP contribution is 2.26. The van der Waals surface area contributed by atoms with Crippen LogP contribution in [0.25, 0.3) is 10.9 Å². The number of fused-ring (bicyclic) bond motifs is 1. The zero-order chi connectivity index (χ0) is 20.6. The van der Waals surface area contributed by atoms with E-state index in [1.54, 1.807) is 50.4 Å². The predicted octanol–water partition coefficient (Wildman–Crippen LogP) is 3.44. The van der Waals surface area contributed by atoms with E-state index in [1.807, 2.05) is 12.1 Å². The molecule has 3 rings (SSSR count). The van der Waals surface area contributed by atoms with Crippen molar-refractivity contribution in [3.8, 4) is 0 Å². The highest BCUT2D eigenvalue weighted by atomic mass is 32.2. The number of benzene rings is 2. The summed E-state index contributed by atoms with van der Waals surface area (Å²) in [6.07, 6.45) is 0. The van der Waals surface area contributed by atoms with Gasteiger partial charge in [0.2, 0.25) is 10.0 Å². The lowest BCUT2D eigenvalue weighted by Gasteiger charge is -2.25. The first-order valence-corrected chi connectivity index (χ1v) is 10.6. The SMILES string of the molecule is CC(C)c1ccc(S(=O)(=O)N(C)C(C)c2nc3ccccc3c(=O)n2C)cc1. The molecule has 0 N–H and O–H groups in total. The minimum atomic E-state index is -3.73. The number of para-hydroxylation sites is 1. The van der Waals surface area contributed by atoms with Gasteiger partial charge in [0.1, 0.15) is 5.82 Å². The molecule has 0 aliphatic carbocycles. The molecule has 1 aromatic heterocycles. The number of hydrogen-bond donors (Lipinski definition) is 0. The number of sulfonamides is 1. The fourth-order valence-corrected chi connectivity index (χ4v) is 4.49. The van der Waals surface area contributed by atoms with Crippen LogP contribution in [-0.4, -0.2) is 29.3 Å². The molecule has 0 aliphatic heterocycles. The van der Waals surface area contributed by atoms with Gasteiger partial charge in [0.05, 0.1) is 21.8 Å². The van der Waals surface area contributed by atoms with Crippen LogP contribution in [0.3, 0.4) is 0 Å². The molecule has 0 aliphatic rings. The van der Waals surface area contributed by atoms with Gasteiger partial charge in [0.15, 0.2) is 0 Å². The van der Waals surface area contributed by atoms with Gasteiger partial charge in [-0.2, -0.15) is 4.31 Å². The van der Waals surface area contributed by atoms with Crippen molar-refractivity contribution in [3.63, 3.8) is 0 Å². The average molecular weight is 400 g/mol. The van der Waals surface area contributed by atoms with Gasteiger partial charge in [-0.15, -0.1) is 0 Å². The van der Waals surface area contributed by atoms with E-state index in [-0.39, 0.29) is 10.5 Å². The van der Waals surface area contributed by atoms with Gasteiger partial charge < -0.3 is 0 Å². The van der Waals surface area contributed by atoms with Gasteiger partial charge in [-0.25, -0.2) is 13.4 Å². The summed E-state index contributed by atoms with van der Waals surface area (Å²) in [6, 6.07) is 13.4. The summed E-state index contributed by atoms with van der Waals surface area (Å²) in [7, 11) is -0.606. The Morgan fingerprint density at radius 3 is 2.21 bits per heavy atom. The maximum absolute atomic E-state index is 13.1. The summed E-state index contributed by atoms with van der Waals surface area (Å²) in [4.78, 5) is 17.4. The quantitative estimate of drug-likeness (QED) is 0.659. The third-order valence-corrected chi connectivity index (χ3v) is 7.10. The molecule has 6 nitrogen and oxygen atoms in total. The molecule has 1 heterocycles. The van der Waals surface area contributed by atoms with Crippen molar-refractivity contribution in [2.24, 2.45) is 7.05 Å². The standard InChI is InChI=1S/C21H25N3O3S/c1-14(2)16-10-12-17(13-11-16)28(26,27)24(5)15(3)20-22-19-9-7-6-8-18(19)21(25)23(20)4/h6-15H,1-5H3. The van der Waals surface area contributed by atoms with Crippen LogP contribution in [0.15, 0.2) is 58.2 Å². The van der Waals surface area contributed by atoms with E-state index in [0.29, 0.717) is 22.6 Å². The fourth-order valence-electron chi connectivity index (χ4n) is 3.17. The minimum Gasteiger partial charge on any atom is -0.298 e. The lowest BCUT2D eigenvalue weighted by Crippen LogP contribution is -2.34. The maximum atomic E-state index is 13.1. The summed E-state index contributed by atoms with van der Waals surface area (Å²) >= 11 is 0. The molecule has 2 aromatic carbocycles. The van der Waals surface area contributed by atoms with Crippen LogP contribution >= 0.6 is 0 Å². The summed E-state index contributed by atoms with van der Waals surface area (Å²) in [6.45, 7) is 5.85. The van der Waals surface area contributed by atoms with Crippen molar-refractivity contribution < 1.29 is 8.42 Å². The summed E-state index contributed by atoms with van der Waals surface area (Å²) in [5, 5.41) is 0.510. The van der Waals surface area contributed by atoms with Crippen molar-refractivity contribution >= 4 is 20.9 Å². The molecular formula is C21H25N3O3S. The molecule has 3 aromatic rings. The summed E-state index contributed by atoms with van der Waals surface area (Å²) in [5.74, 6) is 0.721. The molecule has 1 unspecified atom stereocenters. The van der Waals surface area contributed by atoms with Gasteiger partial charge in [0.25, 0.3) is 5.56 Å². The molecule has 0 spiro atoms. The first-order chi connectivity index (χ1) is 13.1. The van der Waals surface area contributed by atoms with Crippen LogP contribution < -0.4 is 5.56 Å². The molecule has 0 radical (unpaired) electrons. The van der Waals surface area contributed by atoms with Gasteiger partial charge in [0, 0.05) is 14.1 Å². The summed E-state index contributed by atoms with van der Waals surface area (Å²) in [5.41, 5.74) is 1.44. The Bertz CT molecular complexity index is 1170. The molecule has 0 bridgehead atoms. The number of hydrogen-bond acceptors (Lipinski definition) is 4. The fraction of sp³-hybridized carbons (Fsp3) is 0.333. The monoisotopic (exact) mass is 399 g/mol. The van der Waals surface area contributed by atoms with E-state index in [2.05, 4.69) is 18.8 Å². The van der Waals surface area contributed by atoms with Crippen LogP contribution in [0, 0.1) is 0 Å². The van der Waals surface area contributed by atoms with Gasteiger partial charge in [-0.3, -0.25) is 9.36 Å². The van der Waals surface area contributed by atoms with Crippen LogP contribution in [-0.2, 0) is 17.1 Å². The first kappa shape index (κ1) is 20.2. The largest absolute Gasteiger partial charge is 0.298 e. The second kappa shape index (κ2) is 7.48. The molecule has 0 saturated carbocycles. The third-order valence-electron chi connectivity index (χ3n) is 5.16. The molecule has 7 heteroatoms. The van der Waals surface area contributed by atoms with Gasteiger partial charge >= 0.3 is 0 Å². The maximum Gasteiger partial charge on any atom is 0.261 e. The Morgan fingerprint density at radius 1 is 1.00 bits per heavy atom. The van der Waals surface area contributed by atoms with E-state index in [9.17, 15) is 13.2 Å². The smallest absolute Gasteiger partial charge is 0.261 e. The molecule has 0 amide bonds. The Balaban J connectivity index is 2.02. The molecular weight excluding hydrogens is 374 g/mol. The van der Waals surface area contributed by atoms with Crippen molar-refractivity contribution in [1.82, 2.24) is 13.9 Å². The second-order valence-corrected chi connectivity index (χ2v) is 9.27. The third kappa shape index (κ3) is 3.47. The van der Waals surface area contributed by atoms with Crippen LogP contribution in [0.4, 0.5) is 0 Å². The lowest BCUT2D eigenvalue weighted by atomic mass is 10.0. The summed E-state index contributed by atoms with van der Waals surface area (Å²) < 4.78 is 28.9. The normalized spacial score (nSPS) is 13.4. The minimum absolute atomic E-state index is 0.195. The van der Waals surface area contributed by atoms with Crippen molar-refractivity contribution in [2.45, 2.75) is 37.6 Å². The van der Waals surface area contributed by atoms with Gasteiger partial charge in [-0.1, -0.05) is 38.1 Å². The molecule has 148 valence electrons. The van der Waals surface area contributed by atoms with E-state index in [4.69, 9.17) is 0 Å². The number of nitrogens with zero attached hydrogens (tertiary/aromatic N) is 3. The highest BCUT2D eigenvalue weighted by Gasteiger charge is 2.29. The van der Waals surface area contributed by atoms with Crippen LogP contribution in [0.5, 0.6) is 0 Å². The highest BCUT2D eigenvalue weighted by molar-refractivity contribution is 7.89. The molecule has 28 heavy (non-hydrogen) atoms. The van der Waals surface area contributed by atoms with Crippen molar-refractivity contribution in [3.05, 3.63) is 70.3 Å². The molecule has 0 fully saturated rings. The van der Waals surface area contributed by atoms with Crippen molar-refractivity contribution in [2.75, 3.05) is 7.05 Å². The van der Waals surface area contributed by atoms with Crippen LogP contribution in [0.2, 0.25) is 0 Å². The van der Waals surface area contributed by atoms with Crippen molar-refractivity contribution in [1.29, 1.82) is 0 Å². The van der Waals surface area contributed by atoms with E-state index < -0.39 is 16.1 Å². The average Bonchev–Trinajstić information content (AvgIpc) is 2.69. The Kier molecular flexibility index (Phi) is 5.41. The molecule has 0 saturated heterocycles. The Labute approximate surface area is 165 Å². The topological polar surface area (TPSA) is 72.3 Å². The predicted molar refractivity (Wildman–Crippen MR) is 111 cm³/mol. The first-order valence-electron chi connectivity index (χ1n) is 9.18. The number of aromatic nitrogens is 2. The van der Waals surface area contributed by atoms with E-state index in [1.165, 1.54) is 15.9 Å². The second-order valence-electron chi connectivity index (χ2n) is 7.27. The Hall–Kier alpha value is -2.51.